The molecular weight excluding hydrogens is 164 g/mol. The first kappa shape index (κ1) is 11.0. The molecule has 2 unspecified atom stereocenters. The zero-order valence-corrected chi connectivity index (χ0v) is 8.79. The van der Waals surface area contributed by atoms with E-state index in [0.717, 1.165) is 32.5 Å². The van der Waals surface area contributed by atoms with Crippen LogP contribution in [0.25, 0.3) is 0 Å². The molecule has 1 aliphatic heterocycles. The van der Waals surface area contributed by atoms with E-state index in [9.17, 15) is 5.11 Å². The van der Waals surface area contributed by atoms with Crippen molar-refractivity contribution >= 4 is 0 Å². The number of nitrogens with one attached hydrogen (secondary N) is 1. The molecular formula is C10H22N2O. The van der Waals surface area contributed by atoms with Gasteiger partial charge < -0.3 is 15.3 Å². The molecule has 0 saturated carbocycles. The van der Waals surface area contributed by atoms with Crippen molar-refractivity contribution in [3.63, 3.8) is 0 Å². The van der Waals surface area contributed by atoms with Crippen molar-refractivity contribution in [1.29, 1.82) is 0 Å². The van der Waals surface area contributed by atoms with Crippen LogP contribution < -0.4 is 5.32 Å². The second-order valence-electron chi connectivity index (χ2n) is 4.01. The van der Waals surface area contributed by atoms with Crippen molar-refractivity contribution in [2.24, 2.45) is 0 Å². The number of nitrogens with zero attached hydrogens (tertiary/aromatic N) is 1. The lowest BCUT2D eigenvalue weighted by atomic mass is 10.1. The van der Waals surface area contributed by atoms with Crippen LogP contribution in [0.2, 0.25) is 0 Å². The van der Waals surface area contributed by atoms with Crippen LogP contribution in [-0.4, -0.2) is 48.8 Å². The molecule has 13 heavy (non-hydrogen) atoms. The van der Waals surface area contributed by atoms with E-state index in [4.69, 9.17) is 0 Å². The van der Waals surface area contributed by atoms with E-state index in [2.05, 4.69) is 24.2 Å². The Hall–Kier alpha value is -0.120. The minimum absolute atomic E-state index is 0.116. The summed E-state index contributed by atoms with van der Waals surface area (Å²) in [6.45, 7) is 5.41. The molecule has 0 spiro atoms. The molecule has 0 amide bonds. The average Bonchev–Trinajstić information content (AvgIpc) is 2.48. The van der Waals surface area contributed by atoms with E-state index >= 15 is 0 Å². The largest absolute Gasteiger partial charge is 0.391 e. The lowest BCUT2D eigenvalue weighted by Crippen LogP contribution is -2.34. The van der Waals surface area contributed by atoms with E-state index in [1.807, 2.05) is 0 Å². The minimum Gasteiger partial charge on any atom is -0.391 e. The molecule has 1 fully saturated rings. The van der Waals surface area contributed by atoms with Gasteiger partial charge in [0.05, 0.1) is 6.10 Å². The maximum atomic E-state index is 9.55. The van der Waals surface area contributed by atoms with Crippen LogP contribution >= 0.6 is 0 Å². The monoisotopic (exact) mass is 186 g/mol. The highest BCUT2D eigenvalue weighted by Gasteiger charge is 2.23. The fourth-order valence-corrected chi connectivity index (χ4v) is 1.90. The Kier molecular flexibility index (Phi) is 4.70. The van der Waals surface area contributed by atoms with E-state index in [0.29, 0.717) is 6.04 Å². The summed E-state index contributed by atoms with van der Waals surface area (Å²) in [5, 5.41) is 12.9. The molecule has 2 atom stereocenters. The fourth-order valence-electron chi connectivity index (χ4n) is 1.90. The van der Waals surface area contributed by atoms with Crippen molar-refractivity contribution in [2.75, 3.05) is 26.7 Å². The second kappa shape index (κ2) is 5.58. The van der Waals surface area contributed by atoms with Gasteiger partial charge in [-0.05, 0) is 45.9 Å². The summed E-state index contributed by atoms with van der Waals surface area (Å²) < 4.78 is 0. The smallest absolute Gasteiger partial charge is 0.0705 e. The summed E-state index contributed by atoms with van der Waals surface area (Å²) in [5.41, 5.74) is 0. The highest BCUT2D eigenvalue weighted by Crippen LogP contribution is 2.10. The first-order valence-electron chi connectivity index (χ1n) is 5.34. The third-order valence-corrected chi connectivity index (χ3v) is 2.74. The Bertz CT molecular complexity index is 141. The Morgan fingerprint density at radius 3 is 2.77 bits per heavy atom. The molecule has 1 aliphatic rings. The molecule has 3 nitrogen and oxygen atoms in total. The SMILES string of the molecule is CCCN(C)CCC1NCCC1O. The van der Waals surface area contributed by atoms with E-state index in [1.165, 1.54) is 6.42 Å². The fraction of sp³-hybridized carbons (Fsp3) is 1.00. The van der Waals surface area contributed by atoms with Gasteiger partial charge in [-0.25, -0.2) is 0 Å². The predicted molar refractivity (Wildman–Crippen MR) is 54.8 cm³/mol. The first-order valence-corrected chi connectivity index (χ1v) is 5.34. The lowest BCUT2D eigenvalue weighted by Gasteiger charge is -2.20. The number of aliphatic hydroxyl groups excluding tert-OH is 1. The standard InChI is InChI=1S/C10H22N2O/c1-3-7-12(2)8-5-9-10(13)4-6-11-9/h9-11,13H,3-8H2,1-2H3. The topological polar surface area (TPSA) is 35.5 Å². The maximum Gasteiger partial charge on any atom is 0.0705 e. The second-order valence-corrected chi connectivity index (χ2v) is 4.01. The zero-order valence-electron chi connectivity index (χ0n) is 8.79. The predicted octanol–water partition coefficient (Wildman–Crippen LogP) is 0.441. The summed E-state index contributed by atoms with van der Waals surface area (Å²) in [6, 6.07) is 0.333. The number of hydrogen-bond donors (Lipinski definition) is 2. The summed E-state index contributed by atoms with van der Waals surface area (Å²) in [6.07, 6.45) is 3.08. The number of aliphatic hydroxyl groups is 1. The molecule has 0 aromatic carbocycles. The van der Waals surface area contributed by atoms with Gasteiger partial charge in [-0.15, -0.1) is 0 Å². The maximum absolute atomic E-state index is 9.55. The quantitative estimate of drug-likeness (QED) is 0.654. The highest BCUT2D eigenvalue weighted by molar-refractivity contribution is 4.83. The molecule has 1 heterocycles. The Balaban J connectivity index is 2.10. The number of hydrogen-bond acceptors (Lipinski definition) is 3. The van der Waals surface area contributed by atoms with E-state index in [-0.39, 0.29) is 6.10 Å². The van der Waals surface area contributed by atoms with Gasteiger partial charge in [-0.3, -0.25) is 0 Å². The summed E-state index contributed by atoms with van der Waals surface area (Å²) in [7, 11) is 2.14. The first-order chi connectivity index (χ1) is 6.24. The van der Waals surface area contributed by atoms with Crippen molar-refractivity contribution in [1.82, 2.24) is 10.2 Å². The Morgan fingerprint density at radius 2 is 2.23 bits per heavy atom. The van der Waals surface area contributed by atoms with Crippen LogP contribution in [0.3, 0.4) is 0 Å². The molecule has 1 saturated heterocycles. The van der Waals surface area contributed by atoms with Crippen LogP contribution in [0.1, 0.15) is 26.2 Å². The van der Waals surface area contributed by atoms with Crippen LogP contribution in [0.4, 0.5) is 0 Å². The summed E-state index contributed by atoms with van der Waals surface area (Å²) in [5.74, 6) is 0. The molecule has 78 valence electrons. The average molecular weight is 186 g/mol. The van der Waals surface area contributed by atoms with Gasteiger partial charge in [0, 0.05) is 6.04 Å². The lowest BCUT2D eigenvalue weighted by molar-refractivity contribution is 0.148. The van der Waals surface area contributed by atoms with Crippen LogP contribution in [0.5, 0.6) is 0 Å². The minimum atomic E-state index is -0.116. The van der Waals surface area contributed by atoms with Crippen molar-refractivity contribution in [2.45, 2.75) is 38.3 Å². The molecule has 0 aromatic heterocycles. The third kappa shape index (κ3) is 3.63. The molecule has 3 heteroatoms. The Labute approximate surface area is 81.1 Å². The van der Waals surface area contributed by atoms with Gasteiger partial charge in [0.15, 0.2) is 0 Å². The number of rotatable bonds is 5. The molecule has 0 radical (unpaired) electrons. The van der Waals surface area contributed by atoms with Gasteiger partial charge in [0.25, 0.3) is 0 Å². The van der Waals surface area contributed by atoms with Gasteiger partial charge in [-0.1, -0.05) is 6.92 Å². The summed E-state index contributed by atoms with van der Waals surface area (Å²) in [4.78, 5) is 2.33. The normalized spacial score (nSPS) is 28.6. The summed E-state index contributed by atoms with van der Waals surface area (Å²) >= 11 is 0. The van der Waals surface area contributed by atoms with Crippen molar-refractivity contribution < 1.29 is 5.11 Å². The van der Waals surface area contributed by atoms with Crippen LogP contribution in [-0.2, 0) is 0 Å². The molecule has 0 aromatic rings. The highest BCUT2D eigenvalue weighted by atomic mass is 16.3. The molecule has 2 N–H and O–H groups in total. The van der Waals surface area contributed by atoms with Gasteiger partial charge in [0.1, 0.15) is 0 Å². The Morgan fingerprint density at radius 1 is 1.46 bits per heavy atom. The molecule has 0 aliphatic carbocycles. The van der Waals surface area contributed by atoms with E-state index in [1.54, 1.807) is 0 Å². The van der Waals surface area contributed by atoms with Crippen LogP contribution in [0, 0.1) is 0 Å². The van der Waals surface area contributed by atoms with Crippen molar-refractivity contribution in [3.8, 4) is 0 Å². The van der Waals surface area contributed by atoms with Gasteiger partial charge >= 0.3 is 0 Å². The third-order valence-electron chi connectivity index (χ3n) is 2.74. The van der Waals surface area contributed by atoms with Crippen molar-refractivity contribution in [3.05, 3.63) is 0 Å². The molecule has 0 bridgehead atoms. The van der Waals surface area contributed by atoms with E-state index < -0.39 is 0 Å². The zero-order chi connectivity index (χ0) is 9.68. The molecule has 1 rings (SSSR count). The van der Waals surface area contributed by atoms with Gasteiger partial charge in [0.2, 0.25) is 0 Å². The van der Waals surface area contributed by atoms with Gasteiger partial charge in [-0.2, -0.15) is 0 Å². The van der Waals surface area contributed by atoms with Crippen LogP contribution in [0.15, 0.2) is 0 Å².